The van der Waals surface area contributed by atoms with E-state index in [1.165, 1.54) is 0 Å². The van der Waals surface area contributed by atoms with Gasteiger partial charge in [-0.1, -0.05) is 54.0 Å². The summed E-state index contributed by atoms with van der Waals surface area (Å²) in [4.78, 5) is 24.0. The van der Waals surface area contributed by atoms with Gasteiger partial charge in [-0.15, -0.1) is 0 Å². The van der Waals surface area contributed by atoms with Crippen LogP contribution in [0.5, 0.6) is 0 Å². The van der Waals surface area contributed by atoms with Gasteiger partial charge in [0.25, 0.3) is 0 Å². The van der Waals surface area contributed by atoms with Crippen LogP contribution in [0.15, 0.2) is 53.0 Å². The quantitative estimate of drug-likeness (QED) is 0.754. The first kappa shape index (κ1) is 17.2. The Labute approximate surface area is 144 Å². The first-order valence-corrected chi connectivity index (χ1v) is 8.19. The maximum atomic E-state index is 12.1. The summed E-state index contributed by atoms with van der Waals surface area (Å²) in [5, 5.41) is 5.52. The molecular weight excluding hydrogens is 356 g/mol. The molecule has 0 fully saturated rings. The van der Waals surface area contributed by atoms with Crippen LogP contribution in [0.25, 0.3) is 0 Å². The minimum absolute atomic E-state index is 0.223. The van der Waals surface area contributed by atoms with Gasteiger partial charge in [0.1, 0.15) is 6.42 Å². The Morgan fingerprint density at radius 3 is 2.39 bits per heavy atom. The molecule has 0 aliphatic heterocycles. The van der Waals surface area contributed by atoms with Crippen molar-refractivity contribution >= 4 is 39.1 Å². The minimum atomic E-state index is -0.345. The zero-order chi connectivity index (χ0) is 16.8. The van der Waals surface area contributed by atoms with Gasteiger partial charge in [0.2, 0.25) is 11.8 Å². The molecule has 0 aliphatic rings. The van der Waals surface area contributed by atoms with Crippen LogP contribution in [0.1, 0.15) is 31.7 Å². The summed E-state index contributed by atoms with van der Waals surface area (Å²) in [5.41, 5.74) is 2.45. The van der Waals surface area contributed by atoms with Crippen LogP contribution in [-0.2, 0) is 9.59 Å². The molecule has 2 N–H and O–H groups in total. The maximum Gasteiger partial charge on any atom is 0.233 e. The molecule has 0 atom stereocenters. The number of benzene rings is 2. The molecule has 0 radical (unpaired) electrons. The predicted octanol–water partition coefficient (Wildman–Crippen LogP) is 4.54. The predicted molar refractivity (Wildman–Crippen MR) is 96.5 cm³/mol. The van der Waals surface area contributed by atoms with E-state index in [-0.39, 0.29) is 18.2 Å². The normalized spacial score (nSPS) is 10.4. The number of halogens is 1. The van der Waals surface area contributed by atoms with Crippen LogP contribution >= 0.6 is 15.9 Å². The molecule has 2 rings (SSSR count). The largest absolute Gasteiger partial charge is 0.326 e. The molecule has 23 heavy (non-hydrogen) atoms. The average Bonchev–Trinajstić information content (AvgIpc) is 2.47. The third-order valence-electron chi connectivity index (χ3n) is 3.29. The van der Waals surface area contributed by atoms with Crippen LogP contribution in [0, 0.1) is 0 Å². The summed E-state index contributed by atoms with van der Waals surface area (Å²) < 4.78 is 0.866. The molecule has 2 aromatic rings. The highest BCUT2D eigenvalue weighted by atomic mass is 79.9. The summed E-state index contributed by atoms with van der Waals surface area (Å²) >= 11 is 3.34. The van der Waals surface area contributed by atoms with Gasteiger partial charge in [-0.25, -0.2) is 0 Å². The first-order valence-electron chi connectivity index (χ1n) is 7.40. The molecule has 0 unspecified atom stereocenters. The molecule has 0 aromatic heterocycles. The highest BCUT2D eigenvalue weighted by Gasteiger charge is 2.13. The van der Waals surface area contributed by atoms with Crippen molar-refractivity contribution in [2.24, 2.45) is 0 Å². The zero-order valence-corrected chi connectivity index (χ0v) is 14.7. The van der Waals surface area contributed by atoms with Crippen LogP contribution in [0.2, 0.25) is 0 Å². The Kier molecular flexibility index (Phi) is 5.93. The fourth-order valence-corrected chi connectivity index (χ4v) is 2.63. The molecule has 4 nitrogen and oxygen atoms in total. The van der Waals surface area contributed by atoms with E-state index >= 15 is 0 Å². The number of hydrogen-bond acceptors (Lipinski definition) is 2. The number of hydrogen-bond donors (Lipinski definition) is 2. The fourth-order valence-electron chi connectivity index (χ4n) is 2.23. The lowest BCUT2D eigenvalue weighted by molar-refractivity contribution is -0.123. The molecular formula is C18H19BrN2O2. The van der Waals surface area contributed by atoms with Crippen molar-refractivity contribution in [3.63, 3.8) is 0 Å². The number of rotatable bonds is 5. The van der Waals surface area contributed by atoms with Crippen molar-refractivity contribution in [1.29, 1.82) is 0 Å². The van der Waals surface area contributed by atoms with E-state index in [0.29, 0.717) is 11.6 Å². The van der Waals surface area contributed by atoms with Crippen LogP contribution in [0.3, 0.4) is 0 Å². The molecule has 0 spiro atoms. The van der Waals surface area contributed by atoms with E-state index in [1.54, 1.807) is 12.1 Å². The zero-order valence-electron chi connectivity index (χ0n) is 13.1. The summed E-state index contributed by atoms with van der Waals surface area (Å²) in [5.74, 6) is -0.379. The van der Waals surface area contributed by atoms with E-state index < -0.39 is 0 Å². The summed E-state index contributed by atoms with van der Waals surface area (Å²) in [6, 6.07) is 14.9. The van der Waals surface area contributed by atoms with E-state index in [4.69, 9.17) is 0 Å². The Morgan fingerprint density at radius 2 is 1.70 bits per heavy atom. The standard InChI is InChI=1S/C18H19BrN2O2/c1-12(2)15-8-3-4-9-16(15)21-18(23)11-17(22)20-14-7-5-6-13(19)10-14/h3-10,12H,11H2,1-2H3,(H,20,22)(H,21,23). The Hall–Kier alpha value is -2.14. The van der Waals surface area contributed by atoms with Crippen molar-refractivity contribution in [3.8, 4) is 0 Å². The third-order valence-corrected chi connectivity index (χ3v) is 3.78. The second-order valence-electron chi connectivity index (χ2n) is 5.53. The lowest BCUT2D eigenvalue weighted by atomic mass is 10.0. The lowest BCUT2D eigenvalue weighted by Gasteiger charge is -2.13. The van der Waals surface area contributed by atoms with E-state index in [0.717, 1.165) is 15.7 Å². The maximum absolute atomic E-state index is 12.1. The van der Waals surface area contributed by atoms with Gasteiger partial charge in [0, 0.05) is 15.8 Å². The third kappa shape index (κ3) is 5.21. The lowest BCUT2D eigenvalue weighted by Crippen LogP contribution is -2.22. The van der Waals surface area contributed by atoms with Gasteiger partial charge >= 0.3 is 0 Å². The second-order valence-corrected chi connectivity index (χ2v) is 6.44. The molecule has 0 bridgehead atoms. The average molecular weight is 375 g/mol. The van der Waals surface area contributed by atoms with Crippen molar-refractivity contribution in [2.45, 2.75) is 26.2 Å². The van der Waals surface area contributed by atoms with Crippen molar-refractivity contribution in [1.82, 2.24) is 0 Å². The Morgan fingerprint density at radius 1 is 1.00 bits per heavy atom. The van der Waals surface area contributed by atoms with Gasteiger partial charge in [0.05, 0.1) is 0 Å². The van der Waals surface area contributed by atoms with Crippen molar-refractivity contribution in [2.75, 3.05) is 10.6 Å². The van der Waals surface area contributed by atoms with E-state index in [1.807, 2.05) is 36.4 Å². The second kappa shape index (κ2) is 7.92. The van der Waals surface area contributed by atoms with Crippen molar-refractivity contribution in [3.05, 3.63) is 58.6 Å². The Balaban J connectivity index is 1.96. The number of carbonyl (C=O) groups is 2. The summed E-state index contributed by atoms with van der Waals surface area (Å²) in [7, 11) is 0. The summed E-state index contributed by atoms with van der Waals surface area (Å²) in [6.07, 6.45) is -0.223. The highest BCUT2D eigenvalue weighted by molar-refractivity contribution is 9.10. The van der Waals surface area contributed by atoms with Crippen LogP contribution in [-0.4, -0.2) is 11.8 Å². The van der Waals surface area contributed by atoms with Gasteiger partial charge in [-0.3, -0.25) is 9.59 Å². The topological polar surface area (TPSA) is 58.2 Å². The highest BCUT2D eigenvalue weighted by Crippen LogP contribution is 2.23. The molecule has 0 heterocycles. The number of amides is 2. The van der Waals surface area contributed by atoms with Gasteiger partial charge in [0.15, 0.2) is 0 Å². The Bertz CT molecular complexity index is 714. The van der Waals surface area contributed by atoms with Crippen molar-refractivity contribution < 1.29 is 9.59 Å². The fraction of sp³-hybridized carbons (Fsp3) is 0.222. The van der Waals surface area contributed by atoms with E-state index in [9.17, 15) is 9.59 Å². The van der Waals surface area contributed by atoms with Gasteiger partial charge < -0.3 is 10.6 Å². The number of nitrogens with one attached hydrogen (secondary N) is 2. The van der Waals surface area contributed by atoms with Crippen LogP contribution < -0.4 is 10.6 Å². The summed E-state index contributed by atoms with van der Waals surface area (Å²) in [6.45, 7) is 4.12. The van der Waals surface area contributed by atoms with E-state index in [2.05, 4.69) is 40.4 Å². The molecule has 2 amide bonds. The molecule has 2 aromatic carbocycles. The monoisotopic (exact) mass is 374 g/mol. The number of carbonyl (C=O) groups excluding carboxylic acids is 2. The molecule has 120 valence electrons. The van der Waals surface area contributed by atoms with Gasteiger partial charge in [-0.2, -0.15) is 0 Å². The minimum Gasteiger partial charge on any atom is -0.326 e. The number of anilines is 2. The number of para-hydroxylation sites is 1. The first-order chi connectivity index (χ1) is 11.0. The molecule has 5 heteroatoms. The smallest absolute Gasteiger partial charge is 0.233 e. The molecule has 0 aliphatic carbocycles. The molecule has 0 saturated heterocycles. The SMILES string of the molecule is CC(C)c1ccccc1NC(=O)CC(=O)Nc1cccc(Br)c1. The van der Waals surface area contributed by atoms with Gasteiger partial charge in [-0.05, 0) is 35.7 Å². The van der Waals surface area contributed by atoms with Crippen LogP contribution in [0.4, 0.5) is 11.4 Å². The molecule has 0 saturated carbocycles.